The number of nitrogens with zero attached hydrogens (tertiary/aromatic N) is 3. The third kappa shape index (κ3) is 5.86. The molecule has 0 saturated carbocycles. The normalized spacial score (nSPS) is 10.9. The molecular formula is C26H25ClN4O2. The quantitative estimate of drug-likeness (QED) is 0.365. The highest BCUT2D eigenvalue weighted by Gasteiger charge is 2.10. The van der Waals surface area contributed by atoms with Crippen LogP contribution in [0.3, 0.4) is 0 Å². The SMILES string of the molecule is COCCN(C)c1cc(Cl)nc(Cc2ccc(NC(=O)c3ccc4ccccc4c3)cc2)n1. The molecule has 6 nitrogen and oxygen atoms in total. The maximum atomic E-state index is 12.7. The number of carbonyl (C=O) groups excluding carboxylic acids is 1. The highest BCUT2D eigenvalue weighted by Crippen LogP contribution is 2.20. The highest BCUT2D eigenvalue weighted by molar-refractivity contribution is 6.29. The number of aromatic nitrogens is 2. The van der Waals surface area contributed by atoms with E-state index in [9.17, 15) is 4.79 Å². The molecule has 4 rings (SSSR count). The zero-order valence-electron chi connectivity index (χ0n) is 18.6. The van der Waals surface area contributed by atoms with Crippen LogP contribution in [0.5, 0.6) is 0 Å². The van der Waals surface area contributed by atoms with Crippen molar-refractivity contribution in [2.75, 3.05) is 37.5 Å². The van der Waals surface area contributed by atoms with E-state index in [1.54, 1.807) is 13.2 Å². The van der Waals surface area contributed by atoms with Gasteiger partial charge in [0.05, 0.1) is 6.61 Å². The molecule has 0 atom stereocenters. The first-order valence-corrected chi connectivity index (χ1v) is 11.0. The van der Waals surface area contributed by atoms with Crippen LogP contribution in [0.25, 0.3) is 10.8 Å². The Kier molecular flexibility index (Phi) is 7.17. The number of hydrogen-bond donors (Lipinski definition) is 1. The van der Waals surface area contributed by atoms with Crippen LogP contribution < -0.4 is 10.2 Å². The summed E-state index contributed by atoms with van der Waals surface area (Å²) in [6.07, 6.45) is 0.532. The molecule has 0 aliphatic heterocycles. The van der Waals surface area contributed by atoms with Crippen LogP contribution in [-0.2, 0) is 11.2 Å². The summed E-state index contributed by atoms with van der Waals surface area (Å²) in [5.41, 5.74) is 2.37. The lowest BCUT2D eigenvalue weighted by Gasteiger charge is -2.18. The number of halogens is 1. The Morgan fingerprint density at radius 3 is 2.52 bits per heavy atom. The molecule has 0 aliphatic rings. The van der Waals surface area contributed by atoms with Gasteiger partial charge in [0.15, 0.2) is 0 Å². The average molecular weight is 461 g/mol. The van der Waals surface area contributed by atoms with Crippen molar-refractivity contribution >= 4 is 39.8 Å². The molecule has 0 unspecified atom stereocenters. The van der Waals surface area contributed by atoms with Gasteiger partial charge in [-0.1, -0.05) is 54.1 Å². The molecule has 0 aliphatic carbocycles. The second kappa shape index (κ2) is 10.4. The van der Waals surface area contributed by atoms with E-state index in [1.165, 1.54) is 0 Å². The monoisotopic (exact) mass is 460 g/mol. The Labute approximate surface area is 198 Å². The van der Waals surface area contributed by atoms with Gasteiger partial charge < -0.3 is 15.0 Å². The predicted octanol–water partition coefficient (Wildman–Crippen LogP) is 5.21. The summed E-state index contributed by atoms with van der Waals surface area (Å²) in [4.78, 5) is 23.6. The Morgan fingerprint density at radius 2 is 1.76 bits per heavy atom. The third-order valence-corrected chi connectivity index (χ3v) is 5.53. The van der Waals surface area contributed by atoms with Crippen molar-refractivity contribution in [2.45, 2.75) is 6.42 Å². The molecule has 0 saturated heterocycles. The van der Waals surface area contributed by atoms with E-state index < -0.39 is 0 Å². The van der Waals surface area contributed by atoms with E-state index in [2.05, 4.69) is 15.3 Å². The Hall–Kier alpha value is -3.48. The Morgan fingerprint density at radius 1 is 1.00 bits per heavy atom. The lowest BCUT2D eigenvalue weighted by molar-refractivity contribution is 0.102. The fourth-order valence-corrected chi connectivity index (χ4v) is 3.69. The van der Waals surface area contributed by atoms with Crippen molar-refractivity contribution in [3.8, 4) is 0 Å². The van der Waals surface area contributed by atoms with Crippen molar-refractivity contribution in [3.63, 3.8) is 0 Å². The average Bonchev–Trinajstić information content (AvgIpc) is 2.83. The van der Waals surface area contributed by atoms with Gasteiger partial charge in [-0.15, -0.1) is 0 Å². The van der Waals surface area contributed by atoms with E-state index >= 15 is 0 Å². The first-order chi connectivity index (χ1) is 16.0. The number of likely N-dealkylation sites (N-methyl/N-ethyl adjacent to an activating group) is 1. The van der Waals surface area contributed by atoms with Gasteiger partial charge in [0.25, 0.3) is 5.91 Å². The van der Waals surface area contributed by atoms with Gasteiger partial charge in [-0.2, -0.15) is 0 Å². The fourth-order valence-electron chi connectivity index (χ4n) is 3.49. The van der Waals surface area contributed by atoms with Crippen molar-refractivity contribution in [3.05, 3.63) is 94.9 Å². The lowest BCUT2D eigenvalue weighted by atomic mass is 10.1. The summed E-state index contributed by atoms with van der Waals surface area (Å²) in [6, 6.07) is 23.1. The molecule has 33 heavy (non-hydrogen) atoms. The van der Waals surface area contributed by atoms with Crippen LogP contribution >= 0.6 is 11.6 Å². The number of hydrogen-bond acceptors (Lipinski definition) is 5. The number of rotatable bonds is 8. The number of anilines is 2. The third-order valence-electron chi connectivity index (χ3n) is 5.34. The van der Waals surface area contributed by atoms with Gasteiger partial charge in [0.2, 0.25) is 0 Å². The maximum Gasteiger partial charge on any atom is 0.255 e. The first-order valence-electron chi connectivity index (χ1n) is 10.6. The van der Waals surface area contributed by atoms with E-state index in [-0.39, 0.29) is 5.91 Å². The van der Waals surface area contributed by atoms with Crippen LogP contribution in [0.15, 0.2) is 72.8 Å². The van der Waals surface area contributed by atoms with E-state index in [4.69, 9.17) is 16.3 Å². The predicted molar refractivity (Wildman–Crippen MR) is 133 cm³/mol. The van der Waals surface area contributed by atoms with Gasteiger partial charge in [-0.3, -0.25) is 4.79 Å². The van der Waals surface area contributed by atoms with Gasteiger partial charge in [-0.25, -0.2) is 9.97 Å². The molecule has 1 amide bonds. The van der Waals surface area contributed by atoms with Gasteiger partial charge >= 0.3 is 0 Å². The summed E-state index contributed by atoms with van der Waals surface area (Å²) in [5.74, 6) is 1.24. The summed E-state index contributed by atoms with van der Waals surface area (Å²) in [7, 11) is 3.61. The summed E-state index contributed by atoms with van der Waals surface area (Å²) >= 11 is 6.21. The number of nitrogens with one attached hydrogen (secondary N) is 1. The number of carbonyl (C=O) groups is 1. The molecule has 0 radical (unpaired) electrons. The molecule has 4 aromatic rings. The fraction of sp³-hybridized carbons (Fsp3) is 0.192. The molecule has 1 N–H and O–H groups in total. The zero-order chi connectivity index (χ0) is 23.2. The van der Waals surface area contributed by atoms with Crippen molar-refractivity contribution in [1.29, 1.82) is 0 Å². The van der Waals surface area contributed by atoms with E-state index in [0.717, 1.165) is 27.8 Å². The van der Waals surface area contributed by atoms with Crippen molar-refractivity contribution < 1.29 is 9.53 Å². The number of fused-ring (bicyclic) bond motifs is 1. The summed E-state index contributed by atoms with van der Waals surface area (Å²) < 4.78 is 5.13. The first kappa shape index (κ1) is 22.7. The standard InChI is InChI=1S/C26H25ClN4O2/c1-31(13-14-33-2)25-17-23(27)29-24(30-25)15-18-7-11-22(12-8-18)28-26(32)21-10-9-19-5-3-4-6-20(19)16-21/h3-12,16-17H,13-15H2,1-2H3,(H,28,32). The van der Waals surface area contributed by atoms with Gasteiger partial charge in [0, 0.05) is 44.4 Å². The molecule has 3 aromatic carbocycles. The minimum absolute atomic E-state index is 0.143. The van der Waals surface area contributed by atoms with Crippen LogP contribution in [0.4, 0.5) is 11.5 Å². The topological polar surface area (TPSA) is 67.3 Å². The number of methoxy groups -OCH3 is 1. The van der Waals surface area contributed by atoms with Crippen LogP contribution in [0.2, 0.25) is 5.15 Å². The van der Waals surface area contributed by atoms with Gasteiger partial charge in [-0.05, 0) is 40.6 Å². The molecule has 1 heterocycles. The second-order valence-corrected chi connectivity index (χ2v) is 8.16. The minimum Gasteiger partial charge on any atom is -0.383 e. The molecule has 168 valence electrons. The van der Waals surface area contributed by atoms with Crippen LogP contribution in [-0.4, -0.2) is 43.2 Å². The number of benzene rings is 3. The zero-order valence-corrected chi connectivity index (χ0v) is 19.3. The lowest BCUT2D eigenvalue weighted by Crippen LogP contribution is -2.23. The Balaban J connectivity index is 1.43. The summed E-state index contributed by atoms with van der Waals surface area (Å²) in [5, 5.41) is 5.50. The molecule has 0 bridgehead atoms. The van der Waals surface area contributed by atoms with Crippen molar-refractivity contribution in [1.82, 2.24) is 9.97 Å². The molecule has 7 heteroatoms. The van der Waals surface area contributed by atoms with Crippen molar-refractivity contribution in [2.24, 2.45) is 0 Å². The number of amides is 1. The number of ether oxygens (including phenoxy) is 1. The van der Waals surface area contributed by atoms with E-state index in [1.807, 2.05) is 78.7 Å². The summed E-state index contributed by atoms with van der Waals surface area (Å²) in [6.45, 7) is 1.30. The minimum atomic E-state index is -0.143. The molecule has 0 spiro atoms. The van der Waals surface area contributed by atoms with Crippen LogP contribution in [0, 0.1) is 0 Å². The largest absolute Gasteiger partial charge is 0.383 e. The maximum absolute atomic E-state index is 12.7. The molecular weight excluding hydrogens is 436 g/mol. The van der Waals surface area contributed by atoms with E-state index in [0.29, 0.717) is 36.1 Å². The Bertz CT molecular complexity index is 1260. The molecule has 0 fully saturated rings. The second-order valence-electron chi connectivity index (χ2n) is 7.77. The smallest absolute Gasteiger partial charge is 0.255 e. The highest BCUT2D eigenvalue weighted by atomic mass is 35.5. The van der Waals surface area contributed by atoms with Gasteiger partial charge in [0.1, 0.15) is 16.8 Å². The molecule has 1 aromatic heterocycles. The van der Waals surface area contributed by atoms with Crippen LogP contribution in [0.1, 0.15) is 21.7 Å².